The number of hydrogen-bond acceptors (Lipinski definition) is 5. The number of aliphatic hydroxyl groups is 1. The van der Waals surface area contributed by atoms with Crippen LogP contribution in [0.5, 0.6) is 11.5 Å². The van der Waals surface area contributed by atoms with Crippen LogP contribution >= 0.6 is 0 Å². The number of aromatic nitrogens is 2. The standard InChI is InChI=1S/C26H23N3O4/c1-32-19-13-9-17(10-14-19)23-22-24(28-27-23)26(31)29(18-11-7-16(15-30)8-12-18)25(22)20-5-3-4-6-21(20)33-2/h3-14,25,30H,15H2,1-2H3,(H,27,28). The molecule has 0 fully saturated rings. The van der Waals surface area contributed by atoms with Crippen LogP contribution in [-0.4, -0.2) is 35.4 Å². The Hall–Kier alpha value is -4.10. The maximum absolute atomic E-state index is 13.6. The summed E-state index contributed by atoms with van der Waals surface area (Å²) in [5.74, 6) is 1.25. The van der Waals surface area contributed by atoms with E-state index >= 15 is 0 Å². The number of amides is 1. The fourth-order valence-electron chi connectivity index (χ4n) is 4.33. The molecular formula is C26H23N3O4. The number of fused-ring (bicyclic) bond motifs is 1. The Kier molecular flexibility index (Phi) is 5.32. The first-order valence-corrected chi connectivity index (χ1v) is 10.5. The molecule has 2 N–H and O–H groups in total. The van der Waals surface area contributed by atoms with Crippen molar-refractivity contribution in [3.05, 3.63) is 95.2 Å². The minimum absolute atomic E-state index is 0.0608. The van der Waals surface area contributed by atoms with E-state index in [4.69, 9.17) is 9.47 Å². The van der Waals surface area contributed by atoms with Gasteiger partial charge >= 0.3 is 0 Å². The van der Waals surface area contributed by atoms with Crippen LogP contribution in [0.4, 0.5) is 5.69 Å². The lowest BCUT2D eigenvalue weighted by atomic mass is 9.95. The average molecular weight is 441 g/mol. The molecule has 0 bridgehead atoms. The van der Waals surface area contributed by atoms with Gasteiger partial charge in [-0.1, -0.05) is 30.3 Å². The van der Waals surface area contributed by atoms with Crippen LogP contribution in [0.25, 0.3) is 11.3 Å². The van der Waals surface area contributed by atoms with Crippen LogP contribution in [0.15, 0.2) is 72.8 Å². The zero-order valence-electron chi connectivity index (χ0n) is 18.3. The van der Waals surface area contributed by atoms with E-state index < -0.39 is 6.04 Å². The Balaban J connectivity index is 1.70. The number of nitrogens with zero attached hydrogens (tertiary/aromatic N) is 2. The summed E-state index contributed by atoms with van der Waals surface area (Å²) in [5, 5.41) is 16.9. The highest BCUT2D eigenvalue weighted by molar-refractivity contribution is 6.11. The predicted molar refractivity (Wildman–Crippen MR) is 125 cm³/mol. The third kappa shape index (κ3) is 3.43. The van der Waals surface area contributed by atoms with Gasteiger partial charge in [-0.05, 0) is 48.0 Å². The van der Waals surface area contributed by atoms with E-state index in [-0.39, 0.29) is 12.5 Å². The van der Waals surface area contributed by atoms with E-state index in [0.717, 1.165) is 33.7 Å². The van der Waals surface area contributed by atoms with Gasteiger partial charge in [0.1, 0.15) is 17.2 Å². The average Bonchev–Trinajstić information content (AvgIpc) is 3.43. The largest absolute Gasteiger partial charge is 0.497 e. The molecule has 1 unspecified atom stereocenters. The maximum atomic E-state index is 13.6. The van der Waals surface area contributed by atoms with Gasteiger partial charge in [0.05, 0.1) is 32.6 Å². The third-order valence-corrected chi connectivity index (χ3v) is 5.96. The molecule has 0 saturated carbocycles. The van der Waals surface area contributed by atoms with Gasteiger partial charge in [0, 0.05) is 22.4 Å². The summed E-state index contributed by atoms with van der Waals surface area (Å²) in [4.78, 5) is 15.4. The summed E-state index contributed by atoms with van der Waals surface area (Å²) >= 11 is 0. The molecule has 0 saturated heterocycles. The van der Waals surface area contributed by atoms with E-state index in [0.29, 0.717) is 17.1 Å². The molecule has 0 spiro atoms. The summed E-state index contributed by atoms with van der Waals surface area (Å²) in [6.07, 6.45) is 0. The van der Waals surface area contributed by atoms with Crippen LogP contribution in [0.3, 0.4) is 0 Å². The highest BCUT2D eigenvalue weighted by Gasteiger charge is 2.44. The predicted octanol–water partition coefficient (Wildman–Crippen LogP) is 4.34. The van der Waals surface area contributed by atoms with Crippen molar-refractivity contribution in [2.75, 3.05) is 19.1 Å². The number of ether oxygens (including phenoxy) is 2. The van der Waals surface area contributed by atoms with Gasteiger partial charge in [-0.3, -0.25) is 14.8 Å². The van der Waals surface area contributed by atoms with Gasteiger partial charge in [-0.25, -0.2) is 0 Å². The maximum Gasteiger partial charge on any atom is 0.277 e. The molecule has 2 heterocycles. The van der Waals surface area contributed by atoms with Crippen LogP contribution in [0.2, 0.25) is 0 Å². The lowest BCUT2D eigenvalue weighted by Crippen LogP contribution is -2.29. The van der Waals surface area contributed by atoms with Gasteiger partial charge in [0.15, 0.2) is 0 Å². The number of benzene rings is 3. The van der Waals surface area contributed by atoms with Crippen molar-refractivity contribution in [3.8, 4) is 22.8 Å². The Bertz CT molecular complexity index is 1300. The number of rotatable bonds is 6. The van der Waals surface area contributed by atoms with Crippen molar-refractivity contribution >= 4 is 11.6 Å². The number of aliphatic hydroxyl groups excluding tert-OH is 1. The number of carbonyl (C=O) groups is 1. The fraction of sp³-hybridized carbons (Fsp3) is 0.154. The highest BCUT2D eigenvalue weighted by Crippen LogP contribution is 2.47. The van der Waals surface area contributed by atoms with Crippen LogP contribution in [0.1, 0.15) is 33.2 Å². The minimum atomic E-state index is -0.445. The Morgan fingerprint density at radius 2 is 1.70 bits per heavy atom. The number of carbonyl (C=O) groups excluding carboxylic acids is 1. The number of anilines is 1. The van der Waals surface area contributed by atoms with E-state index in [1.54, 1.807) is 19.1 Å². The Labute approximate surface area is 191 Å². The number of methoxy groups -OCH3 is 2. The second-order valence-electron chi connectivity index (χ2n) is 7.73. The normalized spacial score (nSPS) is 14.9. The molecule has 33 heavy (non-hydrogen) atoms. The van der Waals surface area contributed by atoms with E-state index in [9.17, 15) is 9.90 Å². The first-order valence-electron chi connectivity index (χ1n) is 10.5. The molecule has 0 aliphatic carbocycles. The molecule has 1 atom stereocenters. The molecule has 7 nitrogen and oxygen atoms in total. The molecule has 1 amide bonds. The summed E-state index contributed by atoms with van der Waals surface area (Å²) in [7, 11) is 3.24. The molecular weight excluding hydrogens is 418 g/mol. The molecule has 166 valence electrons. The van der Waals surface area contributed by atoms with E-state index in [2.05, 4.69) is 10.2 Å². The SMILES string of the molecule is COc1ccc(-c2n[nH]c3c2C(c2ccccc2OC)N(c2ccc(CO)cc2)C3=O)cc1. The molecule has 3 aromatic carbocycles. The van der Waals surface area contributed by atoms with Crippen molar-refractivity contribution in [1.29, 1.82) is 0 Å². The summed E-state index contributed by atoms with van der Waals surface area (Å²) < 4.78 is 10.9. The third-order valence-electron chi connectivity index (χ3n) is 5.96. The monoisotopic (exact) mass is 441 g/mol. The van der Waals surface area contributed by atoms with Crippen molar-refractivity contribution in [1.82, 2.24) is 10.2 Å². The topological polar surface area (TPSA) is 87.7 Å². The molecule has 7 heteroatoms. The molecule has 1 aliphatic heterocycles. The molecule has 4 aromatic rings. The molecule has 1 aromatic heterocycles. The van der Waals surface area contributed by atoms with Crippen molar-refractivity contribution in [2.24, 2.45) is 0 Å². The summed E-state index contributed by atoms with van der Waals surface area (Å²) in [5.41, 5.74) is 5.17. The highest BCUT2D eigenvalue weighted by atomic mass is 16.5. The van der Waals surface area contributed by atoms with Gasteiger partial charge in [-0.2, -0.15) is 5.10 Å². The molecule has 1 aliphatic rings. The lowest BCUT2D eigenvalue weighted by Gasteiger charge is -2.27. The number of hydrogen-bond donors (Lipinski definition) is 2. The smallest absolute Gasteiger partial charge is 0.277 e. The second-order valence-corrected chi connectivity index (χ2v) is 7.73. The minimum Gasteiger partial charge on any atom is -0.497 e. The molecule has 0 radical (unpaired) electrons. The van der Waals surface area contributed by atoms with E-state index in [1.807, 2.05) is 72.8 Å². The van der Waals surface area contributed by atoms with Crippen molar-refractivity contribution < 1.29 is 19.4 Å². The van der Waals surface area contributed by atoms with Gasteiger partial charge in [0.2, 0.25) is 0 Å². The van der Waals surface area contributed by atoms with Crippen LogP contribution < -0.4 is 14.4 Å². The van der Waals surface area contributed by atoms with Gasteiger partial charge in [-0.15, -0.1) is 0 Å². The second kappa shape index (κ2) is 8.44. The van der Waals surface area contributed by atoms with Crippen molar-refractivity contribution in [2.45, 2.75) is 12.6 Å². The number of H-pyrrole nitrogens is 1. The zero-order chi connectivity index (χ0) is 22.9. The van der Waals surface area contributed by atoms with Crippen LogP contribution in [0, 0.1) is 0 Å². The van der Waals surface area contributed by atoms with Gasteiger partial charge < -0.3 is 14.6 Å². The first-order chi connectivity index (χ1) is 16.2. The Morgan fingerprint density at radius 1 is 0.970 bits per heavy atom. The van der Waals surface area contributed by atoms with Gasteiger partial charge in [0.25, 0.3) is 5.91 Å². The Morgan fingerprint density at radius 3 is 2.36 bits per heavy atom. The first kappa shape index (κ1) is 20.8. The number of aromatic amines is 1. The lowest BCUT2D eigenvalue weighted by molar-refractivity contribution is 0.0988. The van der Waals surface area contributed by atoms with Crippen molar-refractivity contribution in [3.63, 3.8) is 0 Å². The van der Waals surface area contributed by atoms with E-state index in [1.165, 1.54) is 0 Å². The summed E-state index contributed by atoms with van der Waals surface area (Å²) in [6.45, 7) is -0.0608. The fourth-order valence-corrected chi connectivity index (χ4v) is 4.33. The number of para-hydroxylation sites is 1. The zero-order valence-corrected chi connectivity index (χ0v) is 18.3. The van der Waals surface area contributed by atoms with Crippen LogP contribution in [-0.2, 0) is 6.61 Å². The number of nitrogens with one attached hydrogen (secondary N) is 1. The summed E-state index contributed by atoms with van der Waals surface area (Å²) in [6, 6.07) is 22.2. The quantitative estimate of drug-likeness (QED) is 0.465. The molecule has 5 rings (SSSR count).